The Hall–Kier alpha value is -0.670. The molecule has 0 bridgehead atoms. The van der Waals surface area contributed by atoms with Gasteiger partial charge in [-0.2, -0.15) is 0 Å². The number of hydrogen-bond donors (Lipinski definition) is 2. The fourth-order valence-corrected chi connectivity index (χ4v) is 15.8. The first-order valence-electron chi connectivity index (χ1n) is 20.7. The van der Waals surface area contributed by atoms with Crippen LogP contribution in [0.15, 0.2) is 11.6 Å². The van der Waals surface area contributed by atoms with Crippen LogP contribution in [0.3, 0.4) is 0 Å². The quantitative estimate of drug-likeness (QED) is 0.278. The maximum Gasteiger partial charge on any atom is 0.133 e. The lowest BCUT2D eigenvalue weighted by Crippen LogP contribution is -2.53. The standard InChI is InChI=1S/C22H36O2.C22H36O/c1-13-11-17-15(16-7-9-21(3,24)12-18(13)16)8-10-22(4)19(14(2)23)5-6-20(17)22;1-5-15-6-7-20-18-12-14(2)19-13-21(3,23)10-8-17(19)16(18)9-11-22(15,20)4/h13,15-20,24H,5-12H2,1-4H3;5,14,16-20,23H,6-13H2,1-4H3/b;15-5-/t13-,15-,16-,17-,18-,19-,20+,21-,22-;14-,16-,17-,18-,19-,20+,21?,22-/m11/s1. The van der Waals surface area contributed by atoms with Crippen LogP contribution >= 0.6 is 0 Å². The van der Waals surface area contributed by atoms with Gasteiger partial charge in [0.05, 0.1) is 11.2 Å². The number of aliphatic hydroxyl groups is 2. The Kier molecular flexibility index (Phi) is 9.05. The minimum Gasteiger partial charge on any atom is -0.390 e. The molecule has 8 saturated carbocycles. The Morgan fingerprint density at radius 2 is 1.13 bits per heavy atom. The first kappa shape index (κ1) is 34.8. The summed E-state index contributed by atoms with van der Waals surface area (Å²) in [5.74, 6) is 10.9. The van der Waals surface area contributed by atoms with Gasteiger partial charge in [0.15, 0.2) is 0 Å². The normalized spacial score (nSPS) is 57.3. The highest BCUT2D eigenvalue weighted by Gasteiger charge is 2.60. The van der Waals surface area contributed by atoms with E-state index >= 15 is 0 Å². The van der Waals surface area contributed by atoms with Crippen molar-refractivity contribution in [2.45, 2.75) is 169 Å². The Balaban J connectivity index is 0.000000150. The highest BCUT2D eigenvalue weighted by Crippen LogP contribution is 2.67. The molecule has 8 aliphatic carbocycles. The minimum atomic E-state index is -0.432. The highest BCUT2D eigenvalue weighted by atomic mass is 16.3. The van der Waals surface area contributed by atoms with E-state index in [0.29, 0.717) is 17.1 Å². The third kappa shape index (κ3) is 5.78. The molecule has 0 aliphatic heterocycles. The third-order valence-corrected chi connectivity index (χ3v) is 18.0. The van der Waals surface area contributed by atoms with Gasteiger partial charge in [-0.05, 0) is 212 Å². The Labute approximate surface area is 288 Å². The minimum absolute atomic E-state index is 0.277. The molecular weight excluding hydrogens is 576 g/mol. The number of ketones is 1. The van der Waals surface area contributed by atoms with Crippen LogP contribution in [-0.2, 0) is 4.79 Å². The van der Waals surface area contributed by atoms with Crippen LogP contribution in [0.4, 0.5) is 0 Å². The lowest BCUT2D eigenvalue weighted by molar-refractivity contribution is -0.134. The SMILES string of the molecule is C/C=C1/CC[C@H]2[C@@H]3C[C@@H](C)[C@H]4CC(C)(O)CC[C@@H]4[C@H]3CC[C@]12C.CC(=O)[C@H]1CC[C@H]2[C@@H]3C[C@@H](C)[C@H]4C[C@](C)(O)CC[C@@H]4[C@H]3CC[C@]12C. The van der Waals surface area contributed by atoms with Gasteiger partial charge in [0.2, 0.25) is 0 Å². The number of hydrogen-bond acceptors (Lipinski definition) is 3. The molecule has 1 unspecified atom stereocenters. The molecule has 17 atom stereocenters. The molecule has 0 amide bonds. The summed E-state index contributed by atoms with van der Waals surface area (Å²) < 4.78 is 0. The van der Waals surface area contributed by atoms with Crippen molar-refractivity contribution in [2.75, 3.05) is 0 Å². The van der Waals surface area contributed by atoms with Crippen LogP contribution in [0.25, 0.3) is 0 Å². The van der Waals surface area contributed by atoms with Crippen LogP contribution in [0.5, 0.6) is 0 Å². The van der Waals surface area contributed by atoms with Crippen LogP contribution in [-0.4, -0.2) is 27.2 Å². The molecule has 0 aromatic heterocycles. The summed E-state index contributed by atoms with van der Waals surface area (Å²) in [6.07, 6.45) is 22.5. The zero-order valence-electron chi connectivity index (χ0n) is 31.7. The van der Waals surface area contributed by atoms with E-state index in [1.54, 1.807) is 5.57 Å². The predicted octanol–water partition coefficient (Wildman–Crippen LogP) is 10.4. The van der Waals surface area contributed by atoms with E-state index in [0.717, 1.165) is 103 Å². The lowest BCUT2D eigenvalue weighted by Gasteiger charge is -2.58. The Bertz CT molecular complexity index is 1210. The number of carbonyl (C=O) groups excluding carboxylic acids is 1. The molecule has 0 saturated heterocycles. The third-order valence-electron chi connectivity index (χ3n) is 18.0. The van der Waals surface area contributed by atoms with E-state index in [2.05, 4.69) is 47.6 Å². The molecule has 8 fully saturated rings. The summed E-state index contributed by atoms with van der Waals surface area (Å²) in [6, 6.07) is 0. The summed E-state index contributed by atoms with van der Waals surface area (Å²) in [5, 5.41) is 21.2. The smallest absolute Gasteiger partial charge is 0.133 e. The van der Waals surface area contributed by atoms with Gasteiger partial charge >= 0.3 is 0 Å². The van der Waals surface area contributed by atoms with E-state index < -0.39 is 11.2 Å². The van der Waals surface area contributed by atoms with Gasteiger partial charge in [0, 0.05) is 5.92 Å². The van der Waals surface area contributed by atoms with E-state index in [1.165, 1.54) is 70.6 Å². The molecule has 0 aromatic rings. The molecule has 0 heterocycles. The van der Waals surface area contributed by atoms with Crippen LogP contribution in [0.1, 0.15) is 158 Å². The molecule has 0 radical (unpaired) electrons. The van der Waals surface area contributed by atoms with Crippen molar-refractivity contribution in [3.8, 4) is 0 Å². The van der Waals surface area contributed by atoms with Crippen molar-refractivity contribution in [1.82, 2.24) is 0 Å². The number of carbonyl (C=O) groups is 1. The summed E-state index contributed by atoms with van der Waals surface area (Å²) in [6.45, 7) is 18.2. The molecule has 2 N–H and O–H groups in total. The molecule has 3 heteroatoms. The van der Waals surface area contributed by atoms with E-state index in [4.69, 9.17) is 0 Å². The highest BCUT2D eigenvalue weighted by molar-refractivity contribution is 5.79. The second-order valence-electron chi connectivity index (χ2n) is 20.5. The van der Waals surface area contributed by atoms with Crippen molar-refractivity contribution in [1.29, 1.82) is 0 Å². The number of allylic oxidation sites excluding steroid dienone is 2. The van der Waals surface area contributed by atoms with Gasteiger partial charge in [0.25, 0.3) is 0 Å². The van der Waals surface area contributed by atoms with Gasteiger partial charge < -0.3 is 10.2 Å². The van der Waals surface area contributed by atoms with E-state index in [9.17, 15) is 15.0 Å². The molecule has 8 rings (SSSR count). The Morgan fingerprint density at radius 1 is 0.638 bits per heavy atom. The molecule has 47 heavy (non-hydrogen) atoms. The molecule has 266 valence electrons. The molecule has 3 nitrogen and oxygen atoms in total. The summed E-state index contributed by atoms with van der Waals surface area (Å²) in [4.78, 5) is 12.2. The molecule has 0 aromatic carbocycles. The number of rotatable bonds is 1. The zero-order chi connectivity index (χ0) is 33.7. The van der Waals surface area contributed by atoms with Gasteiger partial charge in [-0.1, -0.05) is 39.3 Å². The Morgan fingerprint density at radius 3 is 1.66 bits per heavy atom. The summed E-state index contributed by atoms with van der Waals surface area (Å²) >= 11 is 0. The van der Waals surface area contributed by atoms with Gasteiger partial charge in [-0.3, -0.25) is 4.79 Å². The van der Waals surface area contributed by atoms with Crippen molar-refractivity contribution in [2.24, 2.45) is 87.8 Å². The van der Waals surface area contributed by atoms with Crippen molar-refractivity contribution in [3.05, 3.63) is 11.6 Å². The topological polar surface area (TPSA) is 57.5 Å². The fraction of sp³-hybridized carbons (Fsp3) is 0.932. The molecule has 0 spiro atoms. The lowest BCUT2D eigenvalue weighted by atomic mass is 9.47. The second kappa shape index (κ2) is 12.2. The van der Waals surface area contributed by atoms with Crippen molar-refractivity contribution in [3.63, 3.8) is 0 Å². The monoisotopic (exact) mass is 649 g/mol. The average molecular weight is 649 g/mol. The second-order valence-corrected chi connectivity index (χ2v) is 20.5. The number of Topliss-reactive ketones (excluding diaryl/α,β-unsaturated/α-hetero) is 1. The van der Waals surface area contributed by atoms with Gasteiger partial charge in [-0.25, -0.2) is 0 Å². The maximum atomic E-state index is 12.2. The van der Waals surface area contributed by atoms with Crippen LogP contribution in [0.2, 0.25) is 0 Å². The number of fused-ring (bicyclic) bond motifs is 10. The van der Waals surface area contributed by atoms with Crippen LogP contribution < -0.4 is 0 Å². The van der Waals surface area contributed by atoms with E-state index in [1.807, 2.05) is 13.8 Å². The fourth-order valence-electron chi connectivity index (χ4n) is 15.8. The molecular formula is C44H72O3. The first-order valence-corrected chi connectivity index (χ1v) is 20.7. The van der Waals surface area contributed by atoms with Crippen LogP contribution in [0, 0.1) is 87.8 Å². The summed E-state index contributed by atoms with van der Waals surface area (Å²) in [7, 11) is 0. The predicted molar refractivity (Wildman–Crippen MR) is 192 cm³/mol. The maximum absolute atomic E-state index is 12.2. The largest absolute Gasteiger partial charge is 0.390 e. The average Bonchev–Trinajstić information content (AvgIpc) is 3.54. The van der Waals surface area contributed by atoms with Crippen molar-refractivity contribution < 1.29 is 15.0 Å². The van der Waals surface area contributed by atoms with Crippen molar-refractivity contribution >= 4 is 5.78 Å². The van der Waals surface area contributed by atoms with E-state index in [-0.39, 0.29) is 5.41 Å². The van der Waals surface area contributed by atoms with Gasteiger partial charge in [0.1, 0.15) is 5.78 Å². The molecule has 8 aliphatic rings. The zero-order valence-corrected chi connectivity index (χ0v) is 31.7. The van der Waals surface area contributed by atoms with Gasteiger partial charge in [-0.15, -0.1) is 0 Å². The first-order chi connectivity index (χ1) is 22.1. The summed E-state index contributed by atoms with van der Waals surface area (Å²) in [5.41, 5.74) is 1.74.